The summed E-state index contributed by atoms with van der Waals surface area (Å²) in [6.07, 6.45) is 2.94. The number of benzene rings is 1. The number of unbranched alkanes of at least 4 members (excludes halogenated alkanes) is 1. The Hall–Kier alpha value is -3.07. The molecule has 6 N–H and O–H groups in total. The number of amides is 1. The molecule has 0 spiro atoms. The highest BCUT2D eigenvalue weighted by Crippen LogP contribution is 2.19. The van der Waals surface area contributed by atoms with Crippen LogP contribution in [0.15, 0.2) is 30.5 Å². The number of nitrogens with two attached hydrogens (primary N) is 1. The standard InChI is InChI=1S/C16H20N2O4.C2H5NO2/c1-2-3-8-22-16(21)18-14(15(19)20)9-11-10-17-13-7-5-4-6-12(11)13;3-1-2(4)5/h4-7,10,14,17H,2-3,8-9H2,1H3,(H,18,21)(H,19,20);1,3H2,(H,4,5)/t14-;/m0./s1. The number of rotatable bonds is 8. The van der Waals surface area contributed by atoms with Crippen LogP contribution < -0.4 is 11.1 Å². The zero-order valence-corrected chi connectivity index (χ0v) is 15.1. The largest absolute Gasteiger partial charge is 0.480 e. The molecular formula is C18H25N3O6. The third-order valence-electron chi connectivity index (χ3n) is 3.59. The maximum atomic E-state index is 11.6. The number of alkyl carbamates (subject to hydrolysis) is 1. The number of para-hydroxylation sites is 1. The molecule has 1 aromatic carbocycles. The molecule has 0 radical (unpaired) electrons. The minimum Gasteiger partial charge on any atom is -0.480 e. The van der Waals surface area contributed by atoms with Crippen LogP contribution in [0.1, 0.15) is 25.3 Å². The third-order valence-corrected chi connectivity index (χ3v) is 3.59. The first-order valence-electron chi connectivity index (χ1n) is 8.52. The van der Waals surface area contributed by atoms with E-state index in [1.54, 1.807) is 6.20 Å². The Morgan fingerprint density at radius 3 is 2.52 bits per heavy atom. The molecule has 0 saturated heterocycles. The van der Waals surface area contributed by atoms with E-state index in [9.17, 15) is 19.5 Å². The second-order valence-corrected chi connectivity index (χ2v) is 5.69. The van der Waals surface area contributed by atoms with Crippen molar-refractivity contribution < 1.29 is 29.3 Å². The number of aliphatic carboxylic acids is 2. The number of aromatic nitrogens is 1. The lowest BCUT2D eigenvalue weighted by molar-refractivity contribution is -0.139. The summed E-state index contributed by atoms with van der Waals surface area (Å²) in [6.45, 7) is 2.00. The summed E-state index contributed by atoms with van der Waals surface area (Å²) in [5.74, 6) is -2.05. The average Bonchev–Trinajstić information content (AvgIpc) is 3.05. The maximum Gasteiger partial charge on any atom is 0.407 e. The Kier molecular flexibility index (Phi) is 9.38. The molecule has 1 atom stereocenters. The van der Waals surface area contributed by atoms with Crippen molar-refractivity contribution in [1.29, 1.82) is 0 Å². The summed E-state index contributed by atoms with van der Waals surface area (Å²) in [4.78, 5) is 35.3. The van der Waals surface area contributed by atoms with Gasteiger partial charge in [0.05, 0.1) is 13.2 Å². The first kappa shape index (κ1) is 22.0. The molecule has 1 heterocycles. The Labute approximate surface area is 156 Å². The number of H-pyrrole nitrogens is 1. The normalized spacial score (nSPS) is 11.2. The number of fused-ring (bicyclic) bond motifs is 1. The van der Waals surface area contributed by atoms with Crippen molar-refractivity contribution in [2.45, 2.75) is 32.2 Å². The molecule has 1 aromatic heterocycles. The average molecular weight is 379 g/mol. The summed E-state index contributed by atoms with van der Waals surface area (Å²) >= 11 is 0. The lowest BCUT2D eigenvalue weighted by Gasteiger charge is -2.14. The van der Waals surface area contributed by atoms with Crippen LogP contribution in [0.5, 0.6) is 0 Å². The molecule has 148 valence electrons. The second-order valence-electron chi connectivity index (χ2n) is 5.69. The molecule has 0 saturated carbocycles. The fourth-order valence-electron chi connectivity index (χ4n) is 2.21. The zero-order valence-electron chi connectivity index (χ0n) is 15.1. The Morgan fingerprint density at radius 2 is 1.93 bits per heavy atom. The number of carbonyl (C=O) groups is 3. The quantitative estimate of drug-likeness (QED) is 0.437. The molecule has 0 unspecified atom stereocenters. The first-order valence-corrected chi connectivity index (χ1v) is 8.52. The van der Waals surface area contributed by atoms with Crippen LogP contribution in [0.2, 0.25) is 0 Å². The monoisotopic (exact) mass is 379 g/mol. The van der Waals surface area contributed by atoms with Crippen molar-refractivity contribution in [2.75, 3.05) is 13.2 Å². The van der Waals surface area contributed by atoms with Gasteiger partial charge in [0.2, 0.25) is 0 Å². The Bertz CT molecular complexity index is 758. The number of carboxylic acid groups (broad SMARTS) is 2. The molecule has 0 aliphatic carbocycles. The van der Waals surface area contributed by atoms with Crippen LogP contribution in [0, 0.1) is 0 Å². The van der Waals surface area contributed by atoms with E-state index in [4.69, 9.17) is 9.84 Å². The first-order chi connectivity index (χ1) is 12.9. The van der Waals surface area contributed by atoms with Gasteiger partial charge in [-0.3, -0.25) is 4.79 Å². The molecule has 9 heteroatoms. The zero-order chi connectivity index (χ0) is 20.2. The van der Waals surface area contributed by atoms with Crippen LogP contribution >= 0.6 is 0 Å². The van der Waals surface area contributed by atoms with Crippen LogP contribution in [-0.4, -0.2) is 52.4 Å². The van der Waals surface area contributed by atoms with Gasteiger partial charge in [0, 0.05) is 23.5 Å². The molecule has 2 aromatic rings. The van der Waals surface area contributed by atoms with E-state index in [0.717, 1.165) is 29.3 Å². The number of hydrogen-bond donors (Lipinski definition) is 5. The second kappa shape index (κ2) is 11.5. The number of carboxylic acids is 2. The van der Waals surface area contributed by atoms with Crippen molar-refractivity contribution in [1.82, 2.24) is 10.3 Å². The van der Waals surface area contributed by atoms with E-state index in [-0.39, 0.29) is 13.0 Å². The highest BCUT2D eigenvalue weighted by Gasteiger charge is 2.22. The third kappa shape index (κ3) is 7.78. The van der Waals surface area contributed by atoms with Gasteiger partial charge < -0.3 is 31.0 Å². The summed E-state index contributed by atoms with van der Waals surface area (Å²) in [6, 6.07) is 6.61. The summed E-state index contributed by atoms with van der Waals surface area (Å²) in [5, 5.41) is 20.2. The molecule has 2 rings (SSSR count). The molecule has 9 nitrogen and oxygen atoms in total. The number of aromatic amines is 1. The van der Waals surface area contributed by atoms with Gasteiger partial charge in [-0.1, -0.05) is 31.5 Å². The predicted molar refractivity (Wildman–Crippen MR) is 99.5 cm³/mol. The topological polar surface area (TPSA) is 155 Å². The van der Waals surface area contributed by atoms with Crippen LogP contribution in [0.4, 0.5) is 4.79 Å². The minimum absolute atomic E-state index is 0.197. The van der Waals surface area contributed by atoms with Gasteiger partial charge in [0.15, 0.2) is 0 Å². The van der Waals surface area contributed by atoms with Crippen molar-refractivity contribution >= 4 is 28.9 Å². The van der Waals surface area contributed by atoms with E-state index in [1.807, 2.05) is 31.2 Å². The van der Waals surface area contributed by atoms with Gasteiger partial charge in [-0.2, -0.15) is 0 Å². The molecule has 0 aliphatic heterocycles. The number of hydrogen-bond acceptors (Lipinski definition) is 5. The van der Waals surface area contributed by atoms with Crippen molar-refractivity contribution in [2.24, 2.45) is 5.73 Å². The van der Waals surface area contributed by atoms with E-state index in [2.05, 4.69) is 16.0 Å². The molecule has 0 fully saturated rings. The van der Waals surface area contributed by atoms with E-state index in [0.29, 0.717) is 6.61 Å². The summed E-state index contributed by atoms with van der Waals surface area (Å²) < 4.78 is 4.95. The van der Waals surface area contributed by atoms with Crippen LogP contribution in [-0.2, 0) is 20.7 Å². The highest BCUT2D eigenvalue weighted by molar-refractivity contribution is 5.85. The molecular weight excluding hydrogens is 354 g/mol. The number of nitrogens with one attached hydrogen (secondary N) is 2. The van der Waals surface area contributed by atoms with Gasteiger partial charge in [0.1, 0.15) is 6.04 Å². The SMILES string of the molecule is CCCCOC(=O)N[C@@H](Cc1c[nH]c2ccccc12)C(=O)O.NCC(=O)O. The maximum absolute atomic E-state index is 11.6. The smallest absolute Gasteiger partial charge is 0.407 e. The van der Waals surface area contributed by atoms with Gasteiger partial charge >= 0.3 is 18.0 Å². The predicted octanol–water partition coefficient (Wildman–Crippen LogP) is 1.72. The van der Waals surface area contributed by atoms with E-state index < -0.39 is 24.1 Å². The Morgan fingerprint density at radius 1 is 1.26 bits per heavy atom. The lowest BCUT2D eigenvalue weighted by Crippen LogP contribution is -2.42. The fraction of sp³-hybridized carbons (Fsp3) is 0.389. The molecule has 0 aliphatic rings. The van der Waals surface area contributed by atoms with Crippen molar-refractivity contribution in [3.63, 3.8) is 0 Å². The lowest BCUT2D eigenvalue weighted by atomic mass is 10.1. The van der Waals surface area contributed by atoms with E-state index >= 15 is 0 Å². The highest BCUT2D eigenvalue weighted by atomic mass is 16.5. The fourth-order valence-corrected chi connectivity index (χ4v) is 2.21. The Balaban J connectivity index is 0.000000646. The van der Waals surface area contributed by atoms with Gasteiger partial charge in [-0.25, -0.2) is 9.59 Å². The van der Waals surface area contributed by atoms with Gasteiger partial charge in [-0.05, 0) is 18.1 Å². The van der Waals surface area contributed by atoms with Crippen LogP contribution in [0.3, 0.4) is 0 Å². The van der Waals surface area contributed by atoms with E-state index in [1.165, 1.54) is 0 Å². The summed E-state index contributed by atoms with van der Waals surface area (Å²) in [5.41, 5.74) is 6.35. The summed E-state index contributed by atoms with van der Waals surface area (Å²) in [7, 11) is 0. The van der Waals surface area contributed by atoms with Crippen molar-refractivity contribution in [3.8, 4) is 0 Å². The van der Waals surface area contributed by atoms with Crippen LogP contribution in [0.25, 0.3) is 10.9 Å². The minimum atomic E-state index is -1.09. The molecule has 0 bridgehead atoms. The molecule has 27 heavy (non-hydrogen) atoms. The van der Waals surface area contributed by atoms with Crippen molar-refractivity contribution in [3.05, 3.63) is 36.0 Å². The van der Waals surface area contributed by atoms with Gasteiger partial charge in [-0.15, -0.1) is 0 Å². The van der Waals surface area contributed by atoms with Gasteiger partial charge in [0.25, 0.3) is 0 Å². The molecule has 1 amide bonds. The number of ether oxygens (including phenoxy) is 1. The number of carbonyl (C=O) groups excluding carboxylic acids is 1.